The van der Waals surface area contributed by atoms with E-state index in [0.717, 1.165) is 38.9 Å². The summed E-state index contributed by atoms with van der Waals surface area (Å²) >= 11 is 0. The molecule has 0 aliphatic rings. The molecular weight excluding hydrogens is 530 g/mol. The van der Waals surface area contributed by atoms with Gasteiger partial charge in [0, 0.05) is 41.9 Å². The number of rotatable bonds is 10. The topological polar surface area (TPSA) is 115 Å². The highest BCUT2D eigenvalue weighted by molar-refractivity contribution is 5.83. The standard InChI is InChI=1S/C32H31N7O3/c1-21-14-22(2)27-16-28(32(40)34-29(27)15-21)30(31-35-36-37-39(31)20-26-7-5-13-42-26)38(19-24-6-4-12-33-17-24)18-23-8-10-25(41-3)11-9-23/h4-17,30H,18-20H2,1-3H3,(H,34,40). The third kappa shape index (κ3) is 5.70. The van der Waals surface area contributed by atoms with Crippen LogP contribution in [0.5, 0.6) is 5.75 Å². The van der Waals surface area contributed by atoms with Crippen LogP contribution in [0.15, 0.2) is 94.6 Å². The van der Waals surface area contributed by atoms with Crippen molar-refractivity contribution in [3.63, 3.8) is 0 Å². The van der Waals surface area contributed by atoms with Crippen LogP contribution in [0, 0.1) is 13.8 Å². The lowest BCUT2D eigenvalue weighted by molar-refractivity contribution is 0.193. The van der Waals surface area contributed by atoms with E-state index in [2.05, 4.69) is 43.4 Å². The van der Waals surface area contributed by atoms with Crippen molar-refractivity contribution in [1.29, 1.82) is 0 Å². The highest BCUT2D eigenvalue weighted by Gasteiger charge is 2.31. The molecule has 0 saturated carbocycles. The summed E-state index contributed by atoms with van der Waals surface area (Å²) in [6.07, 6.45) is 5.20. The van der Waals surface area contributed by atoms with Gasteiger partial charge in [0.25, 0.3) is 5.56 Å². The van der Waals surface area contributed by atoms with E-state index >= 15 is 0 Å². The predicted molar refractivity (Wildman–Crippen MR) is 158 cm³/mol. The van der Waals surface area contributed by atoms with E-state index in [-0.39, 0.29) is 5.56 Å². The van der Waals surface area contributed by atoms with Gasteiger partial charge in [-0.15, -0.1) is 5.10 Å². The minimum atomic E-state index is -0.605. The van der Waals surface area contributed by atoms with E-state index in [9.17, 15) is 4.79 Å². The number of nitrogens with zero attached hydrogens (tertiary/aromatic N) is 6. The van der Waals surface area contributed by atoms with Gasteiger partial charge in [-0.05, 0) is 89.0 Å². The Balaban J connectivity index is 1.53. The molecule has 0 radical (unpaired) electrons. The highest BCUT2D eigenvalue weighted by Crippen LogP contribution is 2.31. The molecular formula is C32H31N7O3. The summed E-state index contributed by atoms with van der Waals surface area (Å²) in [7, 11) is 1.65. The summed E-state index contributed by atoms with van der Waals surface area (Å²) in [6.45, 7) is 5.38. The molecule has 0 aliphatic carbocycles. The Morgan fingerprint density at radius 1 is 1.02 bits per heavy atom. The fourth-order valence-corrected chi connectivity index (χ4v) is 5.39. The van der Waals surface area contributed by atoms with E-state index in [1.807, 2.05) is 73.8 Å². The first kappa shape index (κ1) is 27.1. The number of fused-ring (bicyclic) bond motifs is 1. The van der Waals surface area contributed by atoms with Gasteiger partial charge < -0.3 is 14.1 Å². The van der Waals surface area contributed by atoms with Gasteiger partial charge in [0.05, 0.1) is 13.4 Å². The number of furan rings is 1. The Morgan fingerprint density at radius 3 is 2.60 bits per heavy atom. The molecule has 4 heterocycles. The molecule has 0 bridgehead atoms. The molecule has 0 fully saturated rings. The van der Waals surface area contributed by atoms with Crippen molar-refractivity contribution in [2.24, 2.45) is 0 Å². The molecule has 1 atom stereocenters. The second kappa shape index (κ2) is 11.8. The number of hydrogen-bond acceptors (Lipinski definition) is 8. The van der Waals surface area contributed by atoms with Crippen LogP contribution < -0.4 is 10.3 Å². The maximum atomic E-state index is 13.9. The van der Waals surface area contributed by atoms with Crippen molar-refractivity contribution < 1.29 is 9.15 Å². The monoisotopic (exact) mass is 561 g/mol. The van der Waals surface area contributed by atoms with E-state index in [1.54, 1.807) is 24.3 Å². The lowest BCUT2D eigenvalue weighted by atomic mass is 9.99. The van der Waals surface area contributed by atoms with Gasteiger partial charge in [-0.1, -0.05) is 24.3 Å². The number of hydrogen-bond donors (Lipinski definition) is 1. The Morgan fingerprint density at radius 2 is 1.86 bits per heavy atom. The molecule has 10 nitrogen and oxygen atoms in total. The summed E-state index contributed by atoms with van der Waals surface area (Å²) in [5.74, 6) is 2.00. The van der Waals surface area contributed by atoms with Gasteiger partial charge >= 0.3 is 0 Å². The number of H-pyrrole nitrogens is 1. The van der Waals surface area contributed by atoms with Crippen molar-refractivity contribution in [3.05, 3.63) is 135 Å². The van der Waals surface area contributed by atoms with Crippen LogP contribution in [0.1, 0.15) is 45.4 Å². The van der Waals surface area contributed by atoms with Crippen LogP contribution in [0.2, 0.25) is 0 Å². The summed E-state index contributed by atoms with van der Waals surface area (Å²) in [4.78, 5) is 23.6. The van der Waals surface area contributed by atoms with Gasteiger partial charge in [0.2, 0.25) is 0 Å². The maximum absolute atomic E-state index is 13.9. The lowest BCUT2D eigenvalue weighted by Crippen LogP contribution is -2.35. The molecule has 0 aliphatic heterocycles. The molecule has 1 unspecified atom stereocenters. The van der Waals surface area contributed by atoms with Gasteiger partial charge in [-0.3, -0.25) is 14.7 Å². The second-order valence-electron chi connectivity index (χ2n) is 10.4. The molecule has 0 saturated heterocycles. The summed E-state index contributed by atoms with van der Waals surface area (Å²) < 4.78 is 12.7. The predicted octanol–water partition coefficient (Wildman–Crippen LogP) is 4.97. The molecule has 10 heteroatoms. The average molecular weight is 562 g/mol. The van der Waals surface area contributed by atoms with E-state index in [4.69, 9.17) is 9.15 Å². The third-order valence-electron chi connectivity index (χ3n) is 7.34. The van der Waals surface area contributed by atoms with E-state index < -0.39 is 6.04 Å². The first-order valence-electron chi connectivity index (χ1n) is 13.7. The Kier molecular flexibility index (Phi) is 7.61. The van der Waals surface area contributed by atoms with E-state index in [0.29, 0.717) is 36.8 Å². The number of aromatic nitrogens is 6. The normalized spacial score (nSPS) is 12.2. The van der Waals surface area contributed by atoms with Gasteiger partial charge in [-0.25, -0.2) is 4.68 Å². The number of aromatic amines is 1. The van der Waals surface area contributed by atoms with Crippen LogP contribution in [0.3, 0.4) is 0 Å². The molecule has 0 amide bonds. The molecule has 212 valence electrons. The molecule has 0 spiro atoms. The van der Waals surface area contributed by atoms with Gasteiger partial charge in [0.15, 0.2) is 5.82 Å². The van der Waals surface area contributed by atoms with Crippen LogP contribution in [0.25, 0.3) is 10.9 Å². The maximum Gasteiger partial charge on any atom is 0.253 e. The van der Waals surface area contributed by atoms with Crippen molar-refractivity contribution in [1.82, 2.24) is 35.1 Å². The highest BCUT2D eigenvalue weighted by atomic mass is 16.5. The molecule has 6 rings (SSSR count). The fourth-order valence-electron chi connectivity index (χ4n) is 5.39. The smallest absolute Gasteiger partial charge is 0.253 e. The minimum absolute atomic E-state index is 0.198. The number of methoxy groups -OCH3 is 1. The number of tetrazole rings is 1. The Hall–Kier alpha value is -5.09. The lowest BCUT2D eigenvalue weighted by Gasteiger charge is -2.31. The Labute approximate surface area is 242 Å². The summed E-state index contributed by atoms with van der Waals surface area (Å²) in [5, 5.41) is 13.8. The van der Waals surface area contributed by atoms with Crippen LogP contribution >= 0.6 is 0 Å². The van der Waals surface area contributed by atoms with E-state index in [1.165, 1.54) is 0 Å². The molecule has 42 heavy (non-hydrogen) atoms. The van der Waals surface area contributed by atoms with Gasteiger partial charge in [0.1, 0.15) is 24.1 Å². The number of aryl methyl sites for hydroxylation is 2. The largest absolute Gasteiger partial charge is 0.497 e. The molecule has 6 aromatic rings. The zero-order chi connectivity index (χ0) is 29.1. The SMILES string of the molecule is COc1ccc(CN(Cc2cccnc2)C(c2cc3c(C)cc(C)cc3[nH]c2=O)c2nnnn2Cc2ccco2)cc1. The Bertz CT molecular complexity index is 1850. The van der Waals surface area contributed by atoms with Crippen molar-refractivity contribution >= 4 is 10.9 Å². The van der Waals surface area contributed by atoms with Crippen LogP contribution in [0.4, 0.5) is 0 Å². The van der Waals surface area contributed by atoms with Crippen LogP contribution in [-0.4, -0.2) is 42.2 Å². The number of nitrogens with one attached hydrogen (secondary N) is 1. The zero-order valence-corrected chi connectivity index (χ0v) is 23.7. The average Bonchev–Trinajstić information content (AvgIpc) is 3.67. The summed E-state index contributed by atoms with van der Waals surface area (Å²) in [6, 6.07) is 21.0. The third-order valence-corrected chi connectivity index (χ3v) is 7.34. The number of pyridine rings is 2. The van der Waals surface area contributed by atoms with Crippen LogP contribution in [-0.2, 0) is 19.6 Å². The molecule has 2 aromatic carbocycles. The second-order valence-corrected chi connectivity index (χ2v) is 10.4. The summed E-state index contributed by atoms with van der Waals surface area (Å²) in [5.41, 5.74) is 5.33. The quantitative estimate of drug-likeness (QED) is 0.249. The first-order chi connectivity index (χ1) is 20.5. The van der Waals surface area contributed by atoms with Crippen molar-refractivity contribution in [2.45, 2.75) is 39.5 Å². The fraction of sp³-hybridized carbons (Fsp3) is 0.219. The van der Waals surface area contributed by atoms with Crippen molar-refractivity contribution in [3.8, 4) is 5.75 Å². The van der Waals surface area contributed by atoms with Crippen molar-refractivity contribution in [2.75, 3.05) is 7.11 Å². The molecule has 4 aromatic heterocycles. The van der Waals surface area contributed by atoms with Gasteiger partial charge in [-0.2, -0.15) is 0 Å². The first-order valence-corrected chi connectivity index (χ1v) is 13.7. The molecule has 1 N–H and O–H groups in total. The minimum Gasteiger partial charge on any atom is -0.497 e. The number of benzene rings is 2. The zero-order valence-electron chi connectivity index (χ0n) is 23.7. The number of ether oxygens (including phenoxy) is 1.